The minimum Gasteiger partial charge on any atom is -0.492 e. The zero-order valence-electron chi connectivity index (χ0n) is 18.1. The first kappa shape index (κ1) is 19.9. The van der Waals surface area contributed by atoms with Crippen LogP contribution in [0, 0.1) is 28.6 Å². The molecular formula is C25H34O3S. The predicted octanol–water partition coefficient (Wildman–Crippen LogP) is 5.84. The number of ketones is 1. The molecule has 3 nitrogen and oxygen atoms in total. The summed E-state index contributed by atoms with van der Waals surface area (Å²) in [6.45, 7) is 10.7. The molecule has 29 heavy (non-hydrogen) atoms. The van der Waals surface area contributed by atoms with Crippen LogP contribution in [0.15, 0.2) is 24.0 Å². The second-order valence-corrected chi connectivity index (χ2v) is 12.2. The van der Waals surface area contributed by atoms with Gasteiger partial charge in [0.05, 0.1) is 5.76 Å². The smallest absolute Gasteiger partial charge is 0.186 e. The molecule has 0 N–H and O–H groups in total. The molecule has 0 amide bonds. The largest absolute Gasteiger partial charge is 0.492 e. The van der Waals surface area contributed by atoms with E-state index in [9.17, 15) is 9.59 Å². The summed E-state index contributed by atoms with van der Waals surface area (Å²) in [5.41, 5.74) is 1.58. The number of hydrogen-bond acceptors (Lipinski definition) is 4. The van der Waals surface area contributed by atoms with Crippen LogP contribution in [0.2, 0.25) is 0 Å². The third-order valence-corrected chi connectivity index (χ3v) is 10.7. The molecule has 158 valence electrons. The number of rotatable bonds is 1. The van der Waals surface area contributed by atoms with Gasteiger partial charge in [-0.05, 0) is 61.7 Å². The van der Waals surface area contributed by atoms with Crippen LogP contribution in [0.1, 0.15) is 78.6 Å². The van der Waals surface area contributed by atoms with Gasteiger partial charge in [-0.1, -0.05) is 43.8 Å². The average Bonchev–Trinajstić information content (AvgIpc) is 3.17. The van der Waals surface area contributed by atoms with Crippen molar-refractivity contribution in [2.24, 2.45) is 28.6 Å². The fourth-order valence-electron chi connectivity index (χ4n) is 8.14. The van der Waals surface area contributed by atoms with Gasteiger partial charge in [0.15, 0.2) is 5.12 Å². The van der Waals surface area contributed by atoms with Crippen LogP contribution >= 0.6 is 11.8 Å². The van der Waals surface area contributed by atoms with Crippen molar-refractivity contribution in [2.75, 3.05) is 0 Å². The fourth-order valence-corrected chi connectivity index (χ4v) is 9.29. The van der Waals surface area contributed by atoms with Crippen LogP contribution in [0.5, 0.6) is 0 Å². The van der Waals surface area contributed by atoms with Crippen LogP contribution in [-0.4, -0.2) is 21.7 Å². The Hall–Kier alpha value is -1.03. The number of carbonyl (C=O) groups is 2. The maximum absolute atomic E-state index is 12.2. The summed E-state index contributed by atoms with van der Waals surface area (Å²) in [5, 5.41) is 0.401. The van der Waals surface area contributed by atoms with Gasteiger partial charge in [-0.15, -0.1) is 0 Å². The minimum atomic E-state index is -0.0431. The molecule has 0 aromatic carbocycles. The Morgan fingerprint density at radius 2 is 1.90 bits per heavy atom. The van der Waals surface area contributed by atoms with E-state index in [1.54, 1.807) is 6.92 Å². The molecule has 4 aliphatic carbocycles. The molecule has 5 aliphatic rings. The molecule has 7 atom stereocenters. The van der Waals surface area contributed by atoms with Crippen molar-refractivity contribution < 1.29 is 14.3 Å². The number of ether oxygens (including phenoxy) is 1. The highest BCUT2D eigenvalue weighted by atomic mass is 32.2. The Bertz CT molecular complexity index is 815. The topological polar surface area (TPSA) is 43.4 Å². The second kappa shape index (κ2) is 6.48. The first-order valence-electron chi connectivity index (χ1n) is 11.5. The summed E-state index contributed by atoms with van der Waals surface area (Å²) in [5.74, 6) is 2.99. The van der Waals surface area contributed by atoms with Crippen LogP contribution in [0.4, 0.5) is 0 Å². The van der Waals surface area contributed by atoms with Crippen LogP contribution in [-0.2, 0) is 14.3 Å². The summed E-state index contributed by atoms with van der Waals surface area (Å²) in [7, 11) is 0. The molecule has 0 aromatic rings. The van der Waals surface area contributed by atoms with Crippen molar-refractivity contribution in [1.29, 1.82) is 0 Å². The number of thioether (sulfide) groups is 1. The number of fused-ring (bicyclic) bond motifs is 6. The van der Waals surface area contributed by atoms with Gasteiger partial charge in [0, 0.05) is 36.9 Å². The maximum Gasteiger partial charge on any atom is 0.186 e. The van der Waals surface area contributed by atoms with E-state index in [1.165, 1.54) is 36.6 Å². The lowest BCUT2D eigenvalue weighted by atomic mass is 9.46. The van der Waals surface area contributed by atoms with E-state index >= 15 is 0 Å². The van der Waals surface area contributed by atoms with Crippen molar-refractivity contribution in [3.05, 3.63) is 24.0 Å². The normalized spacial score (nSPS) is 48.6. The summed E-state index contributed by atoms with van der Waals surface area (Å²) in [4.78, 5) is 24.4. The molecule has 3 saturated carbocycles. The minimum absolute atomic E-state index is 0.0431. The van der Waals surface area contributed by atoms with E-state index in [2.05, 4.69) is 26.5 Å². The van der Waals surface area contributed by atoms with E-state index in [4.69, 9.17) is 4.74 Å². The van der Waals surface area contributed by atoms with E-state index in [0.29, 0.717) is 30.0 Å². The lowest BCUT2D eigenvalue weighted by Crippen LogP contribution is -2.57. The number of allylic oxidation sites excluding steroid dienone is 2. The average molecular weight is 415 g/mol. The zero-order valence-corrected chi connectivity index (χ0v) is 18.9. The van der Waals surface area contributed by atoms with Crippen LogP contribution < -0.4 is 0 Å². The third-order valence-electron chi connectivity index (χ3n) is 9.68. The molecule has 0 aromatic heterocycles. The molecule has 1 spiro atoms. The Morgan fingerprint density at radius 1 is 1.14 bits per heavy atom. The SMILES string of the molecule is C=C1CC[C@@]2(CC[C@H]3[C@@H]4[C@H](SC(C)=O)C=C5CC(=O)CC[C@]5(C)[C@H]4CC[C@@]32C)O1. The van der Waals surface area contributed by atoms with Crippen molar-refractivity contribution in [2.45, 2.75) is 89.4 Å². The van der Waals surface area contributed by atoms with Gasteiger partial charge in [-0.3, -0.25) is 9.59 Å². The highest BCUT2D eigenvalue weighted by Gasteiger charge is 2.67. The highest BCUT2D eigenvalue weighted by Crippen LogP contribution is 2.70. The first-order valence-corrected chi connectivity index (χ1v) is 12.3. The van der Waals surface area contributed by atoms with Crippen LogP contribution in [0.3, 0.4) is 0 Å². The maximum atomic E-state index is 12.2. The van der Waals surface area contributed by atoms with Gasteiger partial charge in [-0.25, -0.2) is 0 Å². The zero-order chi connectivity index (χ0) is 20.6. The van der Waals surface area contributed by atoms with E-state index in [-0.39, 0.29) is 26.8 Å². The third kappa shape index (κ3) is 2.70. The van der Waals surface area contributed by atoms with Crippen molar-refractivity contribution in [1.82, 2.24) is 0 Å². The molecule has 5 rings (SSSR count). The number of carbonyl (C=O) groups excluding carboxylic acids is 2. The Kier molecular flexibility index (Phi) is 4.45. The quantitative estimate of drug-likeness (QED) is 0.506. The molecule has 1 saturated heterocycles. The van der Waals surface area contributed by atoms with E-state index < -0.39 is 0 Å². The number of Topliss-reactive ketones (excluding diaryl/α,β-unsaturated/α-hetero) is 1. The monoisotopic (exact) mass is 414 g/mol. The van der Waals surface area contributed by atoms with Crippen LogP contribution in [0.25, 0.3) is 0 Å². The van der Waals surface area contributed by atoms with Gasteiger partial charge >= 0.3 is 0 Å². The van der Waals surface area contributed by atoms with Crippen molar-refractivity contribution in [3.63, 3.8) is 0 Å². The second-order valence-electron chi connectivity index (χ2n) is 10.8. The Labute approximate surface area is 179 Å². The number of hydrogen-bond donors (Lipinski definition) is 0. The highest BCUT2D eigenvalue weighted by molar-refractivity contribution is 8.14. The Balaban J connectivity index is 1.57. The summed E-state index contributed by atoms with van der Waals surface area (Å²) >= 11 is 1.51. The first-order chi connectivity index (χ1) is 13.7. The van der Waals surface area contributed by atoms with E-state index in [0.717, 1.165) is 37.9 Å². The van der Waals surface area contributed by atoms with Gasteiger partial charge in [-0.2, -0.15) is 0 Å². The molecular weight excluding hydrogens is 380 g/mol. The van der Waals surface area contributed by atoms with Crippen molar-refractivity contribution in [3.8, 4) is 0 Å². The van der Waals surface area contributed by atoms with Gasteiger partial charge in [0.25, 0.3) is 0 Å². The van der Waals surface area contributed by atoms with E-state index in [1.807, 2.05) is 0 Å². The fraction of sp³-hybridized carbons (Fsp3) is 0.760. The Morgan fingerprint density at radius 3 is 2.59 bits per heavy atom. The van der Waals surface area contributed by atoms with Crippen molar-refractivity contribution >= 4 is 22.7 Å². The van der Waals surface area contributed by atoms with Gasteiger partial charge < -0.3 is 4.74 Å². The van der Waals surface area contributed by atoms with Gasteiger partial charge in [0.2, 0.25) is 0 Å². The summed E-state index contributed by atoms with van der Waals surface area (Å²) < 4.78 is 6.50. The summed E-state index contributed by atoms with van der Waals surface area (Å²) in [6.07, 6.45) is 11.5. The standard InChI is InChI=1S/C25H34O3S/c1-15-5-11-25(28-15)12-8-20-22-19(7-10-24(20,25)4)23(3)9-6-18(27)13-17(23)14-21(22)29-16(2)26/h14,19-22H,1,5-13H2,2-4H3/t19-,20-,21+,22+,23-,24-,25-/m0/s1. The van der Waals surface area contributed by atoms with Gasteiger partial charge in [0.1, 0.15) is 11.4 Å². The molecule has 4 heteroatoms. The molecule has 1 heterocycles. The molecule has 0 unspecified atom stereocenters. The molecule has 4 fully saturated rings. The molecule has 1 aliphatic heterocycles. The molecule has 0 radical (unpaired) electrons. The lowest BCUT2D eigenvalue weighted by molar-refractivity contribution is -0.127. The molecule has 0 bridgehead atoms. The lowest BCUT2D eigenvalue weighted by Gasteiger charge is -2.60. The predicted molar refractivity (Wildman–Crippen MR) is 116 cm³/mol. The summed E-state index contributed by atoms with van der Waals surface area (Å²) in [6, 6.07) is 0.